The van der Waals surface area contributed by atoms with Crippen LogP contribution < -0.4 is 10.2 Å². The summed E-state index contributed by atoms with van der Waals surface area (Å²) >= 11 is 0. The standard InChI is InChI=1S/C13H20N4O3S/c1-16(2)12-7-6-10(9-14-12)15-13(18)11-5-4-8-17(11)21(3,19)20/h6-7,9,11H,4-5,8H2,1-3H3,(H,15,18)/t11-/m1/s1. The largest absolute Gasteiger partial charge is 0.363 e. The fourth-order valence-corrected chi connectivity index (χ4v) is 3.47. The second kappa shape index (κ2) is 5.98. The molecule has 1 N–H and O–H groups in total. The van der Waals surface area contributed by atoms with E-state index in [1.165, 1.54) is 4.31 Å². The van der Waals surface area contributed by atoms with Gasteiger partial charge < -0.3 is 10.2 Å². The molecular weight excluding hydrogens is 292 g/mol. The van der Waals surface area contributed by atoms with Gasteiger partial charge in [-0.1, -0.05) is 0 Å². The summed E-state index contributed by atoms with van der Waals surface area (Å²) in [6, 6.07) is 2.91. The fourth-order valence-electron chi connectivity index (χ4n) is 2.35. The van der Waals surface area contributed by atoms with Gasteiger partial charge in [0.1, 0.15) is 11.9 Å². The average molecular weight is 312 g/mol. The van der Waals surface area contributed by atoms with Crippen molar-refractivity contribution in [3.05, 3.63) is 18.3 Å². The Kier molecular flexibility index (Phi) is 4.48. The average Bonchev–Trinajstić information content (AvgIpc) is 2.88. The minimum atomic E-state index is -3.36. The molecule has 116 valence electrons. The first kappa shape index (κ1) is 15.7. The number of carbonyl (C=O) groups excluding carboxylic acids is 1. The molecule has 1 aliphatic heterocycles. The third-order valence-electron chi connectivity index (χ3n) is 3.41. The van der Waals surface area contributed by atoms with Gasteiger partial charge in [0, 0.05) is 20.6 Å². The Morgan fingerprint density at radius 2 is 2.14 bits per heavy atom. The highest BCUT2D eigenvalue weighted by molar-refractivity contribution is 7.88. The predicted octanol–water partition coefficient (Wildman–Crippen LogP) is 0.510. The molecule has 21 heavy (non-hydrogen) atoms. The Labute approximate surface area is 125 Å². The molecule has 8 heteroatoms. The molecular formula is C13H20N4O3S. The van der Waals surface area contributed by atoms with Crippen LogP contribution in [0, 0.1) is 0 Å². The number of nitrogens with one attached hydrogen (secondary N) is 1. The maximum Gasteiger partial charge on any atom is 0.242 e. The minimum Gasteiger partial charge on any atom is -0.363 e. The Morgan fingerprint density at radius 3 is 2.67 bits per heavy atom. The molecule has 0 aliphatic carbocycles. The number of pyridine rings is 1. The summed E-state index contributed by atoms with van der Waals surface area (Å²) in [6.45, 7) is 0.398. The van der Waals surface area contributed by atoms with E-state index in [0.717, 1.165) is 12.1 Å². The zero-order valence-electron chi connectivity index (χ0n) is 12.4. The van der Waals surface area contributed by atoms with E-state index < -0.39 is 16.1 Å². The number of sulfonamides is 1. The summed E-state index contributed by atoms with van der Waals surface area (Å²) in [4.78, 5) is 18.3. The molecule has 0 aromatic carbocycles. The van der Waals surface area contributed by atoms with Gasteiger partial charge in [0.25, 0.3) is 0 Å². The first-order valence-corrected chi connectivity index (χ1v) is 8.55. The van der Waals surface area contributed by atoms with Crippen LogP contribution in [0.4, 0.5) is 11.5 Å². The molecule has 1 aromatic rings. The normalized spacial score (nSPS) is 19.5. The summed E-state index contributed by atoms with van der Waals surface area (Å²) < 4.78 is 24.6. The van der Waals surface area contributed by atoms with E-state index in [1.54, 1.807) is 18.3 Å². The number of carbonyl (C=O) groups is 1. The Morgan fingerprint density at radius 1 is 1.43 bits per heavy atom. The first-order valence-electron chi connectivity index (χ1n) is 6.70. The zero-order chi connectivity index (χ0) is 15.6. The number of hydrogen-bond donors (Lipinski definition) is 1. The van der Waals surface area contributed by atoms with Crippen molar-refractivity contribution in [2.45, 2.75) is 18.9 Å². The topological polar surface area (TPSA) is 82.6 Å². The predicted molar refractivity (Wildman–Crippen MR) is 81.8 cm³/mol. The van der Waals surface area contributed by atoms with Crippen molar-refractivity contribution in [3.63, 3.8) is 0 Å². The summed E-state index contributed by atoms with van der Waals surface area (Å²) in [7, 11) is 0.399. The van der Waals surface area contributed by atoms with Crippen LogP contribution in [0.15, 0.2) is 18.3 Å². The van der Waals surface area contributed by atoms with Crippen molar-refractivity contribution in [3.8, 4) is 0 Å². The molecule has 0 bridgehead atoms. The van der Waals surface area contributed by atoms with Gasteiger partial charge in [-0.3, -0.25) is 4.79 Å². The lowest BCUT2D eigenvalue weighted by Gasteiger charge is -2.21. The second-order valence-corrected chi connectivity index (χ2v) is 7.26. The van der Waals surface area contributed by atoms with Gasteiger partial charge in [-0.2, -0.15) is 4.31 Å². The number of rotatable bonds is 4. The lowest BCUT2D eigenvalue weighted by Crippen LogP contribution is -2.42. The van der Waals surface area contributed by atoms with E-state index in [4.69, 9.17) is 0 Å². The monoisotopic (exact) mass is 312 g/mol. The minimum absolute atomic E-state index is 0.308. The zero-order valence-corrected chi connectivity index (χ0v) is 13.2. The highest BCUT2D eigenvalue weighted by atomic mass is 32.2. The quantitative estimate of drug-likeness (QED) is 0.876. The van der Waals surface area contributed by atoms with E-state index in [2.05, 4.69) is 10.3 Å². The highest BCUT2D eigenvalue weighted by Gasteiger charge is 2.36. The van der Waals surface area contributed by atoms with E-state index in [1.807, 2.05) is 19.0 Å². The maximum absolute atomic E-state index is 12.2. The van der Waals surface area contributed by atoms with Gasteiger partial charge in [0.05, 0.1) is 18.1 Å². The van der Waals surface area contributed by atoms with Crippen LogP contribution in [0.5, 0.6) is 0 Å². The first-order chi connectivity index (χ1) is 9.79. The summed E-state index contributed by atoms with van der Waals surface area (Å²) in [5, 5.41) is 2.73. The van der Waals surface area contributed by atoms with E-state index in [-0.39, 0.29) is 5.91 Å². The van der Waals surface area contributed by atoms with Gasteiger partial charge in [-0.05, 0) is 25.0 Å². The van der Waals surface area contributed by atoms with Gasteiger partial charge in [-0.25, -0.2) is 13.4 Å². The van der Waals surface area contributed by atoms with Crippen LogP contribution in [0.25, 0.3) is 0 Å². The van der Waals surface area contributed by atoms with E-state index >= 15 is 0 Å². The molecule has 2 heterocycles. The van der Waals surface area contributed by atoms with Crippen LogP contribution in [0.1, 0.15) is 12.8 Å². The SMILES string of the molecule is CN(C)c1ccc(NC(=O)[C@H]2CCCN2S(C)(=O)=O)cn1. The molecule has 0 spiro atoms. The number of nitrogens with zero attached hydrogens (tertiary/aromatic N) is 3. The van der Waals surface area contributed by atoms with Gasteiger partial charge >= 0.3 is 0 Å². The lowest BCUT2D eigenvalue weighted by atomic mass is 10.2. The Bertz CT molecular complexity index is 613. The molecule has 1 atom stereocenters. The van der Waals surface area contributed by atoms with E-state index in [0.29, 0.717) is 25.1 Å². The van der Waals surface area contributed by atoms with Gasteiger partial charge in [-0.15, -0.1) is 0 Å². The molecule has 1 saturated heterocycles. The molecule has 1 amide bonds. The van der Waals surface area contributed by atoms with Crippen molar-refractivity contribution in [1.82, 2.24) is 9.29 Å². The van der Waals surface area contributed by atoms with Crippen molar-refractivity contribution in [2.75, 3.05) is 37.1 Å². The van der Waals surface area contributed by atoms with Crippen molar-refractivity contribution in [2.24, 2.45) is 0 Å². The smallest absolute Gasteiger partial charge is 0.242 e. The maximum atomic E-state index is 12.2. The van der Waals surface area contributed by atoms with Crippen LogP contribution in [-0.4, -0.2) is 56.6 Å². The van der Waals surface area contributed by atoms with Crippen LogP contribution in [-0.2, 0) is 14.8 Å². The molecule has 0 saturated carbocycles. The molecule has 1 aliphatic rings. The van der Waals surface area contributed by atoms with E-state index in [9.17, 15) is 13.2 Å². The van der Waals surface area contributed by atoms with Crippen LogP contribution in [0.3, 0.4) is 0 Å². The fraction of sp³-hybridized carbons (Fsp3) is 0.538. The van der Waals surface area contributed by atoms with Crippen molar-refractivity contribution < 1.29 is 13.2 Å². The molecule has 1 fully saturated rings. The Hall–Kier alpha value is -1.67. The second-order valence-electron chi connectivity index (χ2n) is 5.32. The Balaban J connectivity index is 2.07. The molecule has 1 aromatic heterocycles. The number of amides is 1. The summed E-state index contributed by atoms with van der Waals surface area (Å²) in [5.41, 5.74) is 0.561. The highest BCUT2D eigenvalue weighted by Crippen LogP contribution is 2.22. The molecule has 0 unspecified atom stereocenters. The number of aromatic nitrogens is 1. The van der Waals surface area contributed by atoms with Crippen molar-refractivity contribution in [1.29, 1.82) is 0 Å². The summed E-state index contributed by atoms with van der Waals surface area (Å²) in [6.07, 6.45) is 3.93. The number of hydrogen-bond acceptors (Lipinski definition) is 5. The van der Waals surface area contributed by atoms with Gasteiger partial charge in [0.15, 0.2) is 0 Å². The molecule has 2 rings (SSSR count). The lowest BCUT2D eigenvalue weighted by molar-refractivity contribution is -0.119. The third kappa shape index (κ3) is 3.70. The van der Waals surface area contributed by atoms with Crippen LogP contribution in [0.2, 0.25) is 0 Å². The molecule has 0 radical (unpaired) electrons. The third-order valence-corrected chi connectivity index (χ3v) is 4.69. The molecule has 7 nitrogen and oxygen atoms in total. The van der Waals surface area contributed by atoms with Crippen LogP contribution >= 0.6 is 0 Å². The van der Waals surface area contributed by atoms with Crippen molar-refractivity contribution >= 4 is 27.4 Å². The van der Waals surface area contributed by atoms with Gasteiger partial charge in [0.2, 0.25) is 15.9 Å². The number of anilines is 2. The summed E-state index contributed by atoms with van der Waals surface area (Å²) in [5.74, 6) is 0.476.